The van der Waals surface area contributed by atoms with Crippen molar-refractivity contribution in [3.63, 3.8) is 0 Å². The van der Waals surface area contributed by atoms with Crippen molar-refractivity contribution in [2.24, 2.45) is 0 Å². The summed E-state index contributed by atoms with van der Waals surface area (Å²) < 4.78 is 25.1. The highest BCUT2D eigenvalue weighted by Crippen LogP contribution is 2.37. The van der Waals surface area contributed by atoms with E-state index in [4.69, 9.17) is 9.47 Å². The summed E-state index contributed by atoms with van der Waals surface area (Å²) in [4.78, 5) is 16.6. The summed E-state index contributed by atoms with van der Waals surface area (Å²) in [6.45, 7) is 3.74. The minimum Gasteiger partial charge on any atom is -0.346 e. The van der Waals surface area contributed by atoms with Gasteiger partial charge >= 0.3 is 0 Å². The van der Waals surface area contributed by atoms with Crippen molar-refractivity contribution in [3.05, 3.63) is 81.8 Å². The van der Waals surface area contributed by atoms with E-state index in [9.17, 15) is 9.18 Å². The lowest BCUT2D eigenvalue weighted by atomic mass is 10.0. The van der Waals surface area contributed by atoms with Crippen molar-refractivity contribution in [1.29, 1.82) is 0 Å². The zero-order valence-electron chi connectivity index (χ0n) is 18.1. The molecule has 1 amide bonds. The van der Waals surface area contributed by atoms with Crippen LogP contribution in [-0.2, 0) is 27.1 Å². The number of rotatable bonds is 5. The summed E-state index contributed by atoms with van der Waals surface area (Å²) in [5.41, 5.74) is 4.17. The molecule has 2 aliphatic heterocycles. The maximum atomic E-state index is 13.3. The van der Waals surface area contributed by atoms with E-state index in [1.807, 2.05) is 29.2 Å². The van der Waals surface area contributed by atoms with Gasteiger partial charge in [0.25, 0.3) is 0 Å². The van der Waals surface area contributed by atoms with Crippen LogP contribution < -0.4 is 0 Å². The van der Waals surface area contributed by atoms with Crippen LogP contribution in [0, 0.1) is 12.7 Å². The predicted molar refractivity (Wildman–Crippen MR) is 123 cm³/mol. The second kappa shape index (κ2) is 8.77. The summed E-state index contributed by atoms with van der Waals surface area (Å²) in [7, 11) is 0. The monoisotopic (exact) mass is 451 g/mol. The number of aryl methyl sites for hydroxylation is 1. The van der Waals surface area contributed by atoms with Crippen LogP contribution >= 0.6 is 11.3 Å². The molecule has 1 spiro atoms. The highest BCUT2D eigenvalue weighted by molar-refractivity contribution is 7.10. The van der Waals surface area contributed by atoms with Crippen molar-refractivity contribution in [2.45, 2.75) is 38.0 Å². The first-order valence-corrected chi connectivity index (χ1v) is 11.8. The smallest absolute Gasteiger partial charge is 0.227 e. The molecule has 0 aliphatic carbocycles. The Kier molecular flexibility index (Phi) is 5.84. The standard InChI is InChI=1S/C26H26FNO3S/c1-18-12-24(32-16-18)14-23-15-26(30-10-11-31-26)17-28(23)25(29)13-19-2-4-20(5-3-19)21-6-8-22(27)9-7-21/h2-9,12,16,23H,10-11,13-15,17H2,1H3. The Morgan fingerprint density at radius 2 is 1.75 bits per heavy atom. The van der Waals surface area contributed by atoms with Gasteiger partial charge in [-0.25, -0.2) is 4.39 Å². The van der Waals surface area contributed by atoms with Crippen LogP contribution in [-0.4, -0.2) is 42.4 Å². The molecular weight excluding hydrogens is 425 g/mol. The number of carbonyl (C=O) groups excluding carboxylic acids is 1. The van der Waals surface area contributed by atoms with Gasteiger partial charge in [0.15, 0.2) is 5.79 Å². The summed E-state index contributed by atoms with van der Waals surface area (Å²) in [6.07, 6.45) is 1.86. The number of nitrogens with zero attached hydrogens (tertiary/aromatic N) is 1. The first-order chi connectivity index (χ1) is 15.5. The average molecular weight is 452 g/mol. The van der Waals surface area contributed by atoms with Crippen LogP contribution in [0.4, 0.5) is 4.39 Å². The van der Waals surface area contributed by atoms with Crippen molar-refractivity contribution < 1.29 is 18.7 Å². The van der Waals surface area contributed by atoms with Crippen molar-refractivity contribution in [3.8, 4) is 11.1 Å². The van der Waals surface area contributed by atoms with Gasteiger partial charge < -0.3 is 14.4 Å². The van der Waals surface area contributed by atoms with Crippen LogP contribution in [0.15, 0.2) is 60.0 Å². The topological polar surface area (TPSA) is 38.8 Å². The van der Waals surface area contributed by atoms with Gasteiger partial charge in [0.2, 0.25) is 5.91 Å². The fourth-order valence-corrected chi connectivity index (χ4v) is 5.61. The number of benzene rings is 2. The summed E-state index contributed by atoms with van der Waals surface area (Å²) in [5.74, 6) is -0.811. The maximum Gasteiger partial charge on any atom is 0.227 e. The van der Waals surface area contributed by atoms with Gasteiger partial charge in [0.05, 0.1) is 26.2 Å². The van der Waals surface area contributed by atoms with Gasteiger partial charge in [0, 0.05) is 23.8 Å². The molecule has 1 unspecified atom stereocenters. The molecule has 3 aromatic rings. The van der Waals surface area contributed by atoms with E-state index in [1.54, 1.807) is 23.5 Å². The molecule has 0 saturated carbocycles. The van der Waals surface area contributed by atoms with E-state index >= 15 is 0 Å². The van der Waals surface area contributed by atoms with Crippen LogP contribution in [0.2, 0.25) is 0 Å². The highest BCUT2D eigenvalue weighted by atomic mass is 32.1. The quantitative estimate of drug-likeness (QED) is 0.549. The molecule has 2 aromatic carbocycles. The number of likely N-dealkylation sites (tertiary alicyclic amines) is 1. The first kappa shape index (κ1) is 21.3. The molecule has 2 aliphatic rings. The molecule has 3 heterocycles. The Morgan fingerprint density at radius 1 is 1.09 bits per heavy atom. The Bertz CT molecular complexity index is 1090. The lowest BCUT2D eigenvalue weighted by molar-refractivity contribution is -0.152. The van der Waals surface area contributed by atoms with Gasteiger partial charge in [-0.05, 0) is 52.8 Å². The van der Waals surface area contributed by atoms with Gasteiger partial charge in [-0.1, -0.05) is 36.4 Å². The number of carbonyl (C=O) groups is 1. The van der Waals surface area contributed by atoms with E-state index in [1.165, 1.54) is 22.6 Å². The molecule has 32 heavy (non-hydrogen) atoms. The second-order valence-corrected chi connectivity index (χ2v) is 9.66. The Hall–Kier alpha value is -2.54. The molecule has 166 valence electrons. The van der Waals surface area contributed by atoms with E-state index in [2.05, 4.69) is 18.4 Å². The van der Waals surface area contributed by atoms with Crippen molar-refractivity contribution >= 4 is 17.2 Å². The molecule has 0 radical (unpaired) electrons. The Labute approximate surface area is 191 Å². The maximum absolute atomic E-state index is 13.3. The SMILES string of the molecule is Cc1csc(CC2CC3(CN2C(=O)Cc2ccc(-c4ccc(F)cc4)cc2)OCCO3)c1. The third kappa shape index (κ3) is 4.49. The summed E-state index contributed by atoms with van der Waals surface area (Å²) in [6, 6.07) is 16.6. The fraction of sp³-hybridized carbons (Fsp3) is 0.346. The van der Waals surface area contributed by atoms with Crippen LogP contribution in [0.1, 0.15) is 22.4 Å². The zero-order valence-corrected chi connectivity index (χ0v) is 18.9. The molecule has 0 N–H and O–H groups in total. The molecule has 4 nitrogen and oxygen atoms in total. The molecule has 0 bridgehead atoms. The van der Waals surface area contributed by atoms with Crippen LogP contribution in [0.3, 0.4) is 0 Å². The molecule has 5 rings (SSSR count). The van der Waals surface area contributed by atoms with Gasteiger partial charge in [0.1, 0.15) is 5.82 Å². The molecule has 1 atom stereocenters. The van der Waals surface area contributed by atoms with Gasteiger partial charge in [-0.15, -0.1) is 11.3 Å². The summed E-state index contributed by atoms with van der Waals surface area (Å²) >= 11 is 1.74. The van der Waals surface area contributed by atoms with E-state index in [0.29, 0.717) is 32.6 Å². The Morgan fingerprint density at radius 3 is 2.38 bits per heavy atom. The van der Waals surface area contributed by atoms with Crippen LogP contribution in [0.5, 0.6) is 0 Å². The van der Waals surface area contributed by atoms with E-state index in [0.717, 1.165) is 23.1 Å². The third-order valence-corrected chi connectivity index (χ3v) is 7.32. The molecule has 1 aromatic heterocycles. The number of thiophene rings is 1. The average Bonchev–Trinajstić information content (AvgIpc) is 3.51. The minimum absolute atomic E-state index is 0.0668. The Balaban J connectivity index is 1.30. The zero-order chi connectivity index (χ0) is 22.1. The lowest BCUT2D eigenvalue weighted by Crippen LogP contribution is -2.40. The van der Waals surface area contributed by atoms with Crippen molar-refractivity contribution in [2.75, 3.05) is 19.8 Å². The number of hydrogen-bond acceptors (Lipinski definition) is 4. The van der Waals surface area contributed by atoms with Gasteiger partial charge in [-0.2, -0.15) is 0 Å². The number of halogens is 1. The summed E-state index contributed by atoms with van der Waals surface area (Å²) in [5, 5.41) is 2.15. The highest BCUT2D eigenvalue weighted by Gasteiger charge is 2.49. The first-order valence-electron chi connectivity index (χ1n) is 11.0. The number of amides is 1. The van der Waals surface area contributed by atoms with Gasteiger partial charge in [-0.3, -0.25) is 4.79 Å². The lowest BCUT2D eigenvalue weighted by Gasteiger charge is -2.24. The number of ether oxygens (including phenoxy) is 2. The van der Waals surface area contributed by atoms with Crippen molar-refractivity contribution in [1.82, 2.24) is 4.90 Å². The molecule has 6 heteroatoms. The molecule has 2 fully saturated rings. The third-order valence-electron chi connectivity index (χ3n) is 6.24. The normalized spacial score (nSPS) is 19.7. The minimum atomic E-state index is -0.654. The largest absolute Gasteiger partial charge is 0.346 e. The second-order valence-electron chi connectivity index (χ2n) is 8.66. The molecule has 2 saturated heterocycles. The van der Waals surface area contributed by atoms with E-state index < -0.39 is 5.79 Å². The van der Waals surface area contributed by atoms with Crippen LogP contribution in [0.25, 0.3) is 11.1 Å². The molecular formula is C26H26FNO3S. The van der Waals surface area contributed by atoms with E-state index in [-0.39, 0.29) is 17.8 Å². The number of hydrogen-bond donors (Lipinski definition) is 0. The predicted octanol–water partition coefficient (Wildman–Crippen LogP) is 4.99. The fourth-order valence-electron chi connectivity index (χ4n) is 4.67.